The fourth-order valence-corrected chi connectivity index (χ4v) is 3.86. The third-order valence-corrected chi connectivity index (χ3v) is 5.46. The minimum atomic E-state index is 0.159. The van der Waals surface area contributed by atoms with Gasteiger partial charge in [-0.3, -0.25) is 0 Å². The van der Waals surface area contributed by atoms with Crippen LogP contribution in [-0.2, 0) is 11.8 Å². The summed E-state index contributed by atoms with van der Waals surface area (Å²) in [6.45, 7) is 6.43. The molecule has 2 amide bonds. The summed E-state index contributed by atoms with van der Waals surface area (Å²) in [6, 6.07) is 0.159. The first-order valence-corrected chi connectivity index (χ1v) is 9.33. The lowest BCUT2D eigenvalue weighted by Crippen LogP contribution is -2.50. The molecule has 0 aromatic carbocycles. The van der Waals surface area contributed by atoms with Gasteiger partial charge in [-0.05, 0) is 18.6 Å². The summed E-state index contributed by atoms with van der Waals surface area (Å²) in [5.41, 5.74) is 0. The zero-order chi connectivity index (χ0) is 16.2. The molecule has 3 rings (SSSR count). The van der Waals surface area contributed by atoms with Gasteiger partial charge in [0, 0.05) is 39.1 Å². The van der Waals surface area contributed by atoms with E-state index in [2.05, 4.69) is 21.7 Å². The molecule has 1 aromatic rings. The van der Waals surface area contributed by atoms with Crippen LogP contribution >= 0.6 is 11.8 Å². The number of piperidine rings is 1. The molecule has 0 radical (unpaired) electrons. The fraction of sp³-hybridized carbons (Fsp3) is 0.800. The Labute approximate surface area is 141 Å². The highest BCUT2D eigenvalue weighted by Gasteiger charge is 2.30. The number of hydrogen-bond acceptors (Lipinski definition) is 5. The zero-order valence-corrected chi connectivity index (χ0v) is 14.7. The number of morpholine rings is 1. The quantitative estimate of drug-likeness (QED) is 0.782. The van der Waals surface area contributed by atoms with Crippen molar-refractivity contribution in [2.75, 3.05) is 45.1 Å². The molecule has 2 fully saturated rings. The van der Waals surface area contributed by atoms with Gasteiger partial charge in [-0.2, -0.15) is 0 Å². The summed E-state index contributed by atoms with van der Waals surface area (Å²) in [5, 5.41) is 9.64. The van der Waals surface area contributed by atoms with E-state index in [1.807, 2.05) is 16.8 Å². The summed E-state index contributed by atoms with van der Waals surface area (Å²) in [6.07, 6.45) is 1.91. The molecule has 2 aliphatic rings. The minimum absolute atomic E-state index is 0.159. The minimum Gasteiger partial charge on any atom is -0.378 e. The van der Waals surface area contributed by atoms with E-state index in [1.54, 1.807) is 11.8 Å². The smallest absolute Gasteiger partial charge is 0.320 e. The zero-order valence-electron chi connectivity index (χ0n) is 13.9. The molecule has 0 unspecified atom stereocenters. The van der Waals surface area contributed by atoms with Gasteiger partial charge in [-0.25, -0.2) is 4.79 Å². The Balaban J connectivity index is 1.56. The molecule has 2 aliphatic heterocycles. The van der Waals surface area contributed by atoms with Crippen LogP contribution in [0.15, 0.2) is 5.16 Å². The number of rotatable bonds is 3. The van der Waals surface area contributed by atoms with Crippen molar-refractivity contribution in [1.82, 2.24) is 24.6 Å². The van der Waals surface area contributed by atoms with Gasteiger partial charge in [0.1, 0.15) is 5.82 Å². The molecule has 0 saturated carbocycles. The van der Waals surface area contributed by atoms with Gasteiger partial charge < -0.3 is 19.1 Å². The first-order chi connectivity index (χ1) is 11.2. The van der Waals surface area contributed by atoms with Gasteiger partial charge in [0.2, 0.25) is 0 Å². The number of aromatic nitrogens is 3. The van der Waals surface area contributed by atoms with Crippen LogP contribution < -0.4 is 0 Å². The van der Waals surface area contributed by atoms with Gasteiger partial charge in [-0.1, -0.05) is 18.7 Å². The van der Waals surface area contributed by atoms with E-state index < -0.39 is 0 Å². The third kappa shape index (κ3) is 3.63. The number of likely N-dealkylation sites (tertiary alicyclic amines) is 1. The molecule has 0 aliphatic carbocycles. The second-order valence-electron chi connectivity index (χ2n) is 5.98. The van der Waals surface area contributed by atoms with E-state index in [1.165, 1.54) is 0 Å². The molecule has 0 N–H and O–H groups in total. The molecule has 0 atom stereocenters. The molecular formula is C15H25N5O2S. The summed E-state index contributed by atoms with van der Waals surface area (Å²) in [5.74, 6) is 2.45. The van der Waals surface area contributed by atoms with Crippen molar-refractivity contribution in [1.29, 1.82) is 0 Å². The number of hydrogen-bond donors (Lipinski definition) is 0. The number of carbonyl (C=O) groups excluding carboxylic acids is 1. The number of thioether (sulfide) groups is 1. The van der Waals surface area contributed by atoms with Gasteiger partial charge in [0.25, 0.3) is 0 Å². The van der Waals surface area contributed by atoms with Crippen molar-refractivity contribution in [2.45, 2.75) is 30.8 Å². The van der Waals surface area contributed by atoms with Gasteiger partial charge in [-0.15, -0.1) is 10.2 Å². The van der Waals surface area contributed by atoms with Gasteiger partial charge >= 0.3 is 6.03 Å². The molecule has 23 heavy (non-hydrogen) atoms. The number of amides is 2. The lowest BCUT2D eigenvalue weighted by atomic mass is 9.96. The van der Waals surface area contributed by atoms with Crippen molar-refractivity contribution >= 4 is 17.8 Å². The first kappa shape index (κ1) is 16.6. The topological polar surface area (TPSA) is 63.5 Å². The highest BCUT2D eigenvalue weighted by molar-refractivity contribution is 7.99. The van der Waals surface area contributed by atoms with Crippen molar-refractivity contribution in [3.8, 4) is 0 Å². The lowest BCUT2D eigenvalue weighted by molar-refractivity contribution is 0.0410. The molecule has 1 aromatic heterocycles. The van der Waals surface area contributed by atoms with Crippen LogP contribution in [-0.4, -0.2) is 75.7 Å². The maximum atomic E-state index is 12.5. The molecule has 128 valence electrons. The Morgan fingerprint density at radius 1 is 1.17 bits per heavy atom. The number of urea groups is 1. The Bertz CT molecular complexity index is 536. The van der Waals surface area contributed by atoms with Crippen LogP contribution in [0.1, 0.15) is 31.5 Å². The van der Waals surface area contributed by atoms with Gasteiger partial charge in [0.15, 0.2) is 5.16 Å². The van der Waals surface area contributed by atoms with E-state index in [-0.39, 0.29) is 6.03 Å². The normalized spacial score (nSPS) is 20.1. The average molecular weight is 339 g/mol. The van der Waals surface area contributed by atoms with Crippen molar-refractivity contribution < 1.29 is 9.53 Å². The first-order valence-electron chi connectivity index (χ1n) is 8.34. The SMILES string of the molecule is CCSc1nnc(C2CCN(C(=O)N3CCOCC3)CC2)n1C. The average Bonchev–Trinajstić information content (AvgIpc) is 2.96. The molecule has 8 heteroatoms. The highest BCUT2D eigenvalue weighted by Crippen LogP contribution is 2.29. The highest BCUT2D eigenvalue weighted by atomic mass is 32.2. The summed E-state index contributed by atoms with van der Waals surface area (Å²) < 4.78 is 7.42. The maximum absolute atomic E-state index is 12.5. The fourth-order valence-electron chi connectivity index (χ4n) is 3.22. The van der Waals surface area contributed by atoms with Crippen LogP contribution in [0.2, 0.25) is 0 Å². The van der Waals surface area contributed by atoms with E-state index in [0.29, 0.717) is 32.2 Å². The second kappa shape index (κ2) is 7.53. The summed E-state index contributed by atoms with van der Waals surface area (Å²) >= 11 is 1.72. The molecule has 2 saturated heterocycles. The van der Waals surface area contributed by atoms with Crippen molar-refractivity contribution in [3.63, 3.8) is 0 Å². The monoisotopic (exact) mass is 339 g/mol. The lowest BCUT2D eigenvalue weighted by Gasteiger charge is -2.36. The molecular weight excluding hydrogens is 314 g/mol. The second-order valence-corrected chi connectivity index (χ2v) is 7.21. The largest absolute Gasteiger partial charge is 0.378 e. The number of nitrogens with zero attached hydrogens (tertiary/aromatic N) is 5. The summed E-state index contributed by atoms with van der Waals surface area (Å²) in [4.78, 5) is 16.4. The van der Waals surface area contributed by atoms with E-state index >= 15 is 0 Å². The predicted octanol–water partition coefficient (Wildman–Crippen LogP) is 1.56. The van der Waals surface area contributed by atoms with Crippen LogP contribution in [0, 0.1) is 0 Å². The van der Waals surface area contributed by atoms with E-state index in [4.69, 9.17) is 4.74 Å². The molecule has 0 bridgehead atoms. The maximum Gasteiger partial charge on any atom is 0.320 e. The standard InChI is InChI=1S/C15H25N5O2S/c1-3-23-14-17-16-13(18(14)2)12-4-6-19(7-5-12)15(21)20-8-10-22-11-9-20/h12H,3-11H2,1-2H3. The van der Waals surface area contributed by atoms with Crippen LogP contribution in [0.4, 0.5) is 4.79 Å². The van der Waals surface area contributed by atoms with Crippen molar-refractivity contribution in [2.24, 2.45) is 7.05 Å². The van der Waals surface area contributed by atoms with Crippen molar-refractivity contribution in [3.05, 3.63) is 5.82 Å². The van der Waals surface area contributed by atoms with Crippen LogP contribution in [0.25, 0.3) is 0 Å². The van der Waals surface area contributed by atoms with Gasteiger partial charge in [0.05, 0.1) is 13.2 Å². The predicted molar refractivity (Wildman–Crippen MR) is 88.7 cm³/mol. The van der Waals surface area contributed by atoms with E-state index in [9.17, 15) is 4.79 Å². The number of ether oxygens (including phenoxy) is 1. The Morgan fingerprint density at radius 2 is 1.83 bits per heavy atom. The van der Waals surface area contributed by atoms with Crippen LogP contribution in [0.3, 0.4) is 0 Å². The Kier molecular flexibility index (Phi) is 5.42. The van der Waals surface area contributed by atoms with Crippen LogP contribution in [0.5, 0.6) is 0 Å². The third-order valence-electron chi connectivity index (χ3n) is 4.55. The Morgan fingerprint density at radius 3 is 2.48 bits per heavy atom. The molecule has 0 spiro atoms. The molecule has 3 heterocycles. The Hall–Kier alpha value is -1.28. The molecule has 7 nitrogen and oxygen atoms in total. The summed E-state index contributed by atoms with van der Waals surface area (Å²) in [7, 11) is 2.04. The number of carbonyl (C=O) groups is 1. The van der Waals surface area contributed by atoms with E-state index in [0.717, 1.165) is 42.7 Å².